The Morgan fingerprint density at radius 2 is 1.94 bits per heavy atom. The number of fused-ring (bicyclic) bond motifs is 1. The summed E-state index contributed by atoms with van der Waals surface area (Å²) in [6.07, 6.45) is 5.83. The van der Waals surface area contributed by atoms with Gasteiger partial charge < -0.3 is 15.4 Å². The first-order valence-electron chi connectivity index (χ1n) is 10.8. The molecule has 0 fully saturated rings. The monoisotopic (exact) mass is 441 g/mol. The summed E-state index contributed by atoms with van der Waals surface area (Å²) in [5, 5.41) is 6.34. The summed E-state index contributed by atoms with van der Waals surface area (Å²) in [6.45, 7) is 4.57. The lowest BCUT2D eigenvalue weighted by Crippen LogP contribution is -2.43. The Morgan fingerprint density at radius 1 is 1.12 bits per heavy atom. The van der Waals surface area contributed by atoms with Gasteiger partial charge in [-0.15, -0.1) is 0 Å². The first-order valence-corrected chi connectivity index (χ1v) is 10.8. The lowest BCUT2D eigenvalue weighted by atomic mass is 9.85. The van der Waals surface area contributed by atoms with E-state index < -0.39 is 0 Å². The molecule has 1 aliphatic heterocycles. The number of hydrogen-bond acceptors (Lipinski definition) is 5. The van der Waals surface area contributed by atoms with E-state index in [9.17, 15) is 9.59 Å². The van der Waals surface area contributed by atoms with Gasteiger partial charge in [-0.2, -0.15) is 0 Å². The number of pyridine rings is 1. The Kier molecular flexibility index (Phi) is 6.27. The van der Waals surface area contributed by atoms with E-state index in [-0.39, 0.29) is 17.2 Å². The smallest absolute Gasteiger partial charge is 0.251 e. The van der Waals surface area contributed by atoms with E-state index >= 15 is 0 Å². The van der Waals surface area contributed by atoms with E-state index in [0.717, 1.165) is 34.6 Å². The minimum Gasteiger partial charge on any atom is -0.497 e. The number of carbonyl (C=O) groups is 2. The van der Waals surface area contributed by atoms with Gasteiger partial charge in [-0.1, -0.05) is 24.3 Å². The van der Waals surface area contributed by atoms with Crippen molar-refractivity contribution < 1.29 is 14.3 Å². The highest BCUT2D eigenvalue weighted by Crippen LogP contribution is 2.32. The molecule has 6 nitrogen and oxygen atoms in total. The van der Waals surface area contributed by atoms with E-state index in [0.29, 0.717) is 17.7 Å². The number of nitrogens with one attached hydrogen (secondary N) is 2. The van der Waals surface area contributed by atoms with E-state index in [4.69, 9.17) is 4.74 Å². The fraction of sp³-hybridized carbons (Fsp3) is 0.222. The van der Waals surface area contributed by atoms with Gasteiger partial charge >= 0.3 is 0 Å². The van der Waals surface area contributed by atoms with Gasteiger partial charge in [0, 0.05) is 52.9 Å². The first-order chi connectivity index (χ1) is 15.8. The van der Waals surface area contributed by atoms with Gasteiger partial charge in [0.25, 0.3) is 5.91 Å². The Morgan fingerprint density at radius 3 is 2.70 bits per heavy atom. The highest BCUT2D eigenvalue weighted by molar-refractivity contribution is 6.10. The number of rotatable bonds is 6. The largest absolute Gasteiger partial charge is 0.497 e. The summed E-state index contributed by atoms with van der Waals surface area (Å²) in [5.41, 5.74) is 4.45. The van der Waals surface area contributed by atoms with Gasteiger partial charge in [0.1, 0.15) is 5.75 Å². The number of ketones is 1. The van der Waals surface area contributed by atoms with Crippen molar-refractivity contribution in [3.05, 3.63) is 101 Å². The van der Waals surface area contributed by atoms with E-state index in [1.165, 1.54) is 0 Å². The molecule has 4 rings (SSSR count). The molecule has 2 aromatic carbocycles. The number of methoxy groups -OCH3 is 1. The average molecular weight is 442 g/mol. The fourth-order valence-corrected chi connectivity index (χ4v) is 3.97. The maximum absolute atomic E-state index is 13.2. The molecule has 1 aliphatic rings. The maximum Gasteiger partial charge on any atom is 0.251 e. The molecule has 1 amide bonds. The number of nitrogens with zero attached hydrogens (tertiary/aromatic N) is 1. The summed E-state index contributed by atoms with van der Waals surface area (Å²) >= 11 is 0. The van der Waals surface area contributed by atoms with Gasteiger partial charge in [0.15, 0.2) is 5.78 Å². The molecule has 0 saturated carbocycles. The highest BCUT2D eigenvalue weighted by Gasteiger charge is 2.28. The van der Waals surface area contributed by atoms with Gasteiger partial charge in [0.2, 0.25) is 0 Å². The molecule has 0 saturated heterocycles. The molecule has 3 aromatic rings. The van der Waals surface area contributed by atoms with Gasteiger partial charge in [-0.3, -0.25) is 14.6 Å². The van der Waals surface area contributed by atoms with Crippen LogP contribution in [0.2, 0.25) is 0 Å². The van der Waals surface area contributed by atoms with Crippen molar-refractivity contribution in [1.82, 2.24) is 15.6 Å². The number of ether oxygens (including phenoxy) is 1. The molecule has 1 aromatic heterocycles. The molecular weight excluding hydrogens is 414 g/mol. The normalized spacial score (nSPS) is 15.3. The van der Waals surface area contributed by atoms with Crippen LogP contribution in [-0.2, 0) is 13.0 Å². The van der Waals surface area contributed by atoms with Crippen LogP contribution in [0.1, 0.15) is 51.3 Å². The van der Waals surface area contributed by atoms with Gasteiger partial charge in [0.05, 0.1) is 7.11 Å². The third-order valence-electron chi connectivity index (χ3n) is 5.57. The summed E-state index contributed by atoms with van der Waals surface area (Å²) in [6, 6.07) is 16.4. The Labute approximate surface area is 193 Å². The summed E-state index contributed by atoms with van der Waals surface area (Å²) in [7, 11) is 1.63. The second kappa shape index (κ2) is 9.28. The van der Waals surface area contributed by atoms with Crippen LogP contribution < -0.4 is 15.4 Å². The summed E-state index contributed by atoms with van der Waals surface area (Å²) in [5.74, 6) is 0.319. The molecule has 0 unspecified atom stereocenters. The molecule has 0 bridgehead atoms. The quantitative estimate of drug-likeness (QED) is 0.443. The van der Waals surface area contributed by atoms with Crippen molar-refractivity contribution in [2.75, 3.05) is 7.11 Å². The van der Waals surface area contributed by atoms with Crippen LogP contribution in [0.3, 0.4) is 0 Å². The first kappa shape index (κ1) is 22.3. The second-order valence-corrected chi connectivity index (χ2v) is 8.76. The Bertz CT molecular complexity index is 1220. The average Bonchev–Trinajstić information content (AvgIpc) is 2.82. The van der Waals surface area contributed by atoms with E-state index in [1.54, 1.807) is 49.8 Å². The lowest BCUT2D eigenvalue weighted by molar-refractivity contribution is 0.0951. The number of amides is 1. The molecule has 2 heterocycles. The van der Waals surface area contributed by atoms with Crippen molar-refractivity contribution >= 4 is 17.4 Å². The molecule has 0 radical (unpaired) electrons. The molecule has 0 aliphatic carbocycles. The zero-order valence-electron chi connectivity index (χ0n) is 19.0. The SMILES string of the molecule is COc1ccc2c(c1)/C(=C/C(=O)c1cccc(C(=O)NCc3cccnc3)c1)NC(C)(C)C2. The predicted molar refractivity (Wildman–Crippen MR) is 128 cm³/mol. The van der Waals surface area contributed by atoms with Gasteiger partial charge in [-0.25, -0.2) is 0 Å². The van der Waals surface area contributed by atoms with Crippen molar-refractivity contribution in [2.45, 2.75) is 32.4 Å². The van der Waals surface area contributed by atoms with Crippen molar-refractivity contribution in [3.63, 3.8) is 0 Å². The Hall–Kier alpha value is -3.93. The Balaban J connectivity index is 1.57. The number of hydrogen-bond donors (Lipinski definition) is 2. The van der Waals surface area contributed by atoms with Crippen LogP contribution in [0.4, 0.5) is 0 Å². The van der Waals surface area contributed by atoms with Crippen molar-refractivity contribution in [1.29, 1.82) is 0 Å². The van der Waals surface area contributed by atoms with Crippen LogP contribution in [0.5, 0.6) is 5.75 Å². The molecule has 0 atom stereocenters. The zero-order valence-corrected chi connectivity index (χ0v) is 19.0. The van der Waals surface area contributed by atoms with Crippen LogP contribution >= 0.6 is 0 Å². The van der Waals surface area contributed by atoms with E-state index in [2.05, 4.69) is 29.5 Å². The topological polar surface area (TPSA) is 80.3 Å². The zero-order chi connectivity index (χ0) is 23.4. The van der Waals surface area contributed by atoms with Crippen molar-refractivity contribution in [3.8, 4) is 5.75 Å². The minimum atomic E-state index is -0.242. The molecule has 33 heavy (non-hydrogen) atoms. The van der Waals surface area contributed by atoms with Crippen molar-refractivity contribution in [2.24, 2.45) is 0 Å². The molecule has 168 valence electrons. The molecule has 2 N–H and O–H groups in total. The number of aromatic nitrogens is 1. The predicted octanol–water partition coefficient (Wildman–Crippen LogP) is 4.17. The minimum absolute atomic E-state index is 0.175. The number of benzene rings is 2. The summed E-state index contributed by atoms with van der Waals surface area (Å²) in [4.78, 5) is 29.8. The third kappa shape index (κ3) is 5.29. The number of allylic oxidation sites excluding steroid dienone is 1. The standard InChI is InChI=1S/C27H27N3O3/c1-27(2)15-21-9-10-22(33-3)13-23(21)24(30-27)14-25(31)19-7-4-8-20(12-19)26(32)29-17-18-6-5-11-28-16-18/h4-14,16,30H,15,17H2,1-3H3,(H,29,32)/b24-14-. The second-order valence-electron chi connectivity index (χ2n) is 8.76. The summed E-state index contributed by atoms with van der Waals surface area (Å²) < 4.78 is 5.38. The molecule has 0 spiro atoms. The van der Waals surface area contributed by atoms with Crippen LogP contribution in [0.25, 0.3) is 5.70 Å². The maximum atomic E-state index is 13.2. The van der Waals surface area contributed by atoms with Gasteiger partial charge in [-0.05, 0) is 61.7 Å². The fourth-order valence-electron chi connectivity index (χ4n) is 3.97. The van der Waals surface area contributed by atoms with Crippen LogP contribution in [-0.4, -0.2) is 29.3 Å². The molecular formula is C27H27N3O3. The highest BCUT2D eigenvalue weighted by atomic mass is 16.5. The van der Waals surface area contributed by atoms with Crippen LogP contribution in [0.15, 0.2) is 73.1 Å². The lowest BCUT2D eigenvalue weighted by Gasteiger charge is -2.35. The molecule has 6 heteroatoms. The number of carbonyl (C=O) groups excluding carboxylic acids is 2. The van der Waals surface area contributed by atoms with Crippen LogP contribution in [0, 0.1) is 0 Å². The van der Waals surface area contributed by atoms with E-state index in [1.807, 2.05) is 30.3 Å². The third-order valence-corrected chi connectivity index (χ3v) is 5.57.